The van der Waals surface area contributed by atoms with E-state index < -0.39 is 16.0 Å². The molecule has 10 heteroatoms. The van der Waals surface area contributed by atoms with Gasteiger partial charge in [-0.2, -0.15) is 0 Å². The second-order valence-corrected chi connectivity index (χ2v) is 10.7. The molecule has 39 heavy (non-hydrogen) atoms. The van der Waals surface area contributed by atoms with Gasteiger partial charge in [0.05, 0.1) is 28.2 Å². The van der Waals surface area contributed by atoms with Crippen molar-refractivity contribution in [1.29, 1.82) is 5.41 Å². The SMILES string of the molecule is CCOC(=O)Cn1c(Cc2ccc(C(=N)N)cc2)nc2ccc(NS(=O)(=O)c3ccc4ccccc4c3)cc21. The Bertz CT molecular complexity index is 1810. The monoisotopic (exact) mass is 541 g/mol. The van der Waals surface area contributed by atoms with Gasteiger partial charge in [-0.3, -0.25) is 14.9 Å². The molecule has 5 aromatic rings. The Hall–Kier alpha value is -4.70. The van der Waals surface area contributed by atoms with E-state index in [0.29, 0.717) is 34.5 Å². The largest absolute Gasteiger partial charge is 0.465 e. The van der Waals surface area contributed by atoms with E-state index in [9.17, 15) is 13.2 Å². The minimum absolute atomic E-state index is 0.0187. The molecule has 5 rings (SSSR count). The number of nitrogens with zero attached hydrogens (tertiary/aromatic N) is 2. The molecule has 9 nitrogen and oxygen atoms in total. The molecular weight excluding hydrogens is 514 g/mol. The lowest BCUT2D eigenvalue weighted by atomic mass is 10.1. The van der Waals surface area contributed by atoms with Crippen LogP contribution in [0.3, 0.4) is 0 Å². The van der Waals surface area contributed by atoms with Crippen LogP contribution in [-0.2, 0) is 32.5 Å². The highest BCUT2D eigenvalue weighted by Crippen LogP contribution is 2.26. The first-order chi connectivity index (χ1) is 18.7. The average molecular weight is 542 g/mol. The number of esters is 1. The van der Waals surface area contributed by atoms with E-state index in [1.807, 2.05) is 36.4 Å². The number of carbonyl (C=O) groups excluding carboxylic acids is 1. The third kappa shape index (κ3) is 5.60. The Labute approximate surface area is 225 Å². The van der Waals surface area contributed by atoms with E-state index in [0.717, 1.165) is 16.3 Å². The van der Waals surface area contributed by atoms with Gasteiger partial charge >= 0.3 is 5.97 Å². The van der Waals surface area contributed by atoms with E-state index in [2.05, 4.69) is 4.72 Å². The van der Waals surface area contributed by atoms with Crippen LogP contribution in [0.1, 0.15) is 23.9 Å². The lowest BCUT2D eigenvalue weighted by Crippen LogP contribution is -2.16. The Morgan fingerprint density at radius 1 is 1.00 bits per heavy atom. The van der Waals surface area contributed by atoms with Crippen molar-refractivity contribution in [2.45, 2.75) is 24.8 Å². The number of aromatic nitrogens is 2. The summed E-state index contributed by atoms with van der Waals surface area (Å²) in [6.45, 7) is 1.90. The molecule has 0 aliphatic carbocycles. The fourth-order valence-corrected chi connectivity index (χ4v) is 5.50. The van der Waals surface area contributed by atoms with Crippen LogP contribution in [0.4, 0.5) is 5.69 Å². The fraction of sp³-hybridized carbons (Fsp3) is 0.138. The predicted molar refractivity (Wildman–Crippen MR) is 151 cm³/mol. The number of hydrogen-bond acceptors (Lipinski definition) is 6. The summed E-state index contributed by atoms with van der Waals surface area (Å²) in [5.74, 6) is 0.171. The molecule has 1 aromatic heterocycles. The zero-order chi connectivity index (χ0) is 27.6. The predicted octanol–water partition coefficient (Wildman–Crippen LogP) is 4.43. The molecule has 198 valence electrons. The van der Waals surface area contributed by atoms with Gasteiger partial charge in [0.15, 0.2) is 0 Å². The smallest absolute Gasteiger partial charge is 0.326 e. The van der Waals surface area contributed by atoms with Crippen molar-refractivity contribution >= 4 is 49.3 Å². The van der Waals surface area contributed by atoms with E-state index in [1.54, 1.807) is 60.0 Å². The summed E-state index contributed by atoms with van der Waals surface area (Å²) in [6, 6.07) is 24.8. The number of amidine groups is 1. The van der Waals surface area contributed by atoms with E-state index in [-0.39, 0.29) is 23.9 Å². The molecule has 0 atom stereocenters. The molecule has 0 aliphatic heterocycles. The van der Waals surface area contributed by atoms with Crippen LogP contribution in [0.2, 0.25) is 0 Å². The topological polar surface area (TPSA) is 140 Å². The van der Waals surface area contributed by atoms with Gasteiger partial charge in [0.2, 0.25) is 0 Å². The molecule has 0 bridgehead atoms. The first kappa shape index (κ1) is 25.9. The van der Waals surface area contributed by atoms with Gasteiger partial charge in [-0.1, -0.05) is 54.6 Å². The molecule has 0 unspecified atom stereocenters. The number of rotatable bonds is 9. The van der Waals surface area contributed by atoms with Gasteiger partial charge in [0.1, 0.15) is 18.2 Å². The van der Waals surface area contributed by atoms with Gasteiger partial charge in [-0.05, 0) is 53.6 Å². The van der Waals surface area contributed by atoms with Crippen molar-refractivity contribution < 1.29 is 17.9 Å². The third-order valence-corrected chi connectivity index (χ3v) is 7.71. The number of carbonyl (C=O) groups is 1. The quantitative estimate of drug-likeness (QED) is 0.143. The normalized spacial score (nSPS) is 11.5. The molecule has 0 saturated heterocycles. The molecule has 0 aliphatic rings. The molecular formula is C29H27N5O4S. The molecule has 0 spiro atoms. The lowest BCUT2D eigenvalue weighted by Gasteiger charge is -2.11. The summed E-state index contributed by atoms with van der Waals surface area (Å²) in [5, 5.41) is 9.36. The second kappa shape index (κ2) is 10.6. The van der Waals surface area contributed by atoms with E-state index in [4.69, 9.17) is 20.9 Å². The number of ether oxygens (including phenoxy) is 1. The number of benzene rings is 4. The molecule has 4 aromatic carbocycles. The standard InChI is InChI=1S/C29H27N5O4S/c1-2-38-28(35)18-34-26-17-23(33-39(36,37)24-13-11-20-5-3-4-6-22(20)16-24)12-14-25(26)32-27(34)15-19-7-9-21(10-8-19)29(30)31/h3-14,16-17,33H,2,15,18H2,1H3,(H3,30,31). The number of hydrogen-bond donors (Lipinski definition) is 3. The number of nitrogens with two attached hydrogens (primary N) is 1. The van der Waals surface area contributed by atoms with Gasteiger partial charge in [-0.15, -0.1) is 0 Å². The molecule has 0 saturated carbocycles. The van der Waals surface area contributed by atoms with Crippen molar-refractivity contribution in [2.75, 3.05) is 11.3 Å². The average Bonchev–Trinajstić information content (AvgIpc) is 3.24. The molecule has 0 fully saturated rings. The summed E-state index contributed by atoms with van der Waals surface area (Å²) in [7, 11) is -3.87. The number of fused-ring (bicyclic) bond motifs is 2. The molecule has 0 radical (unpaired) electrons. The molecule has 0 amide bonds. The third-order valence-electron chi connectivity index (χ3n) is 6.33. The number of nitrogens with one attached hydrogen (secondary N) is 2. The van der Waals surface area contributed by atoms with Crippen LogP contribution in [0, 0.1) is 5.41 Å². The van der Waals surface area contributed by atoms with Crippen LogP contribution in [0.25, 0.3) is 21.8 Å². The summed E-state index contributed by atoms with van der Waals surface area (Å²) in [4.78, 5) is 17.3. The highest BCUT2D eigenvalue weighted by molar-refractivity contribution is 7.92. The second-order valence-electron chi connectivity index (χ2n) is 9.02. The van der Waals surface area contributed by atoms with Crippen molar-refractivity contribution in [2.24, 2.45) is 5.73 Å². The van der Waals surface area contributed by atoms with Crippen LogP contribution >= 0.6 is 0 Å². The number of sulfonamides is 1. The zero-order valence-electron chi connectivity index (χ0n) is 21.2. The van der Waals surface area contributed by atoms with Crippen LogP contribution in [0.15, 0.2) is 89.8 Å². The fourth-order valence-electron chi connectivity index (χ4n) is 4.42. The highest BCUT2D eigenvalue weighted by Gasteiger charge is 2.19. The van der Waals surface area contributed by atoms with Gasteiger partial charge < -0.3 is 15.0 Å². The van der Waals surface area contributed by atoms with Crippen molar-refractivity contribution in [3.8, 4) is 0 Å². The van der Waals surface area contributed by atoms with E-state index >= 15 is 0 Å². The van der Waals surface area contributed by atoms with Crippen LogP contribution in [0.5, 0.6) is 0 Å². The first-order valence-corrected chi connectivity index (χ1v) is 13.8. The first-order valence-electron chi connectivity index (χ1n) is 12.3. The summed E-state index contributed by atoms with van der Waals surface area (Å²) in [5.41, 5.74) is 8.64. The summed E-state index contributed by atoms with van der Waals surface area (Å²) < 4.78 is 36.0. The Balaban J connectivity index is 1.49. The van der Waals surface area contributed by atoms with Crippen molar-refractivity contribution in [3.05, 3.63) is 102 Å². The van der Waals surface area contributed by atoms with Crippen molar-refractivity contribution in [3.63, 3.8) is 0 Å². The molecule has 1 heterocycles. The summed E-state index contributed by atoms with van der Waals surface area (Å²) in [6.07, 6.45) is 0.407. The maximum absolute atomic E-state index is 13.2. The lowest BCUT2D eigenvalue weighted by molar-refractivity contribution is -0.143. The molecule has 4 N–H and O–H groups in total. The highest BCUT2D eigenvalue weighted by atomic mass is 32.2. The zero-order valence-corrected chi connectivity index (χ0v) is 22.0. The maximum atomic E-state index is 13.2. The Kier molecular flexibility index (Phi) is 7.03. The maximum Gasteiger partial charge on any atom is 0.326 e. The minimum atomic E-state index is -3.87. The van der Waals surface area contributed by atoms with Crippen LogP contribution in [-0.4, -0.2) is 36.4 Å². The summed E-state index contributed by atoms with van der Waals surface area (Å²) >= 11 is 0. The van der Waals surface area contributed by atoms with Gasteiger partial charge in [0, 0.05) is 12.0 Å². The Morgan fingerprint density at radius 3 is 2.46 bits per heavy atom. The minimum Gasteiger partial charge on any atom is -0.465 e. The van der Waals surface area contributed by atoms with Crippen molar-refractivity contribution in [1.82, 2.24) is 9.55 Å². The number of imidazole rings is 1. The van der Waals surface area contributed by atoms with Gasteiger partial charge in [0.25, 0.3) is 10.0 Å². The number of anilines is 1. The van der Waals surface area contributed by atoms with Crippen LogP contribution < -0.4 is 10.5 Å². The number of nitrogen functional groups attached to an aromatic ring is 1. The van der Waals surface area contributed by atoms with E-state index in [1.165, 1.54) is 0 Å². The van der Waals surface area contributed by atoms with Gasteiger partial charge in [-0.25, -0.2) is 13.4 Å². The Morgan fingerprint density at radius 2 is 1.74 bits per heavy atom.